The number of rotatable bonds is 2. The van der Waals surface area contributed by atoms with Gasteiger partial charge in [-0.15, -0.1) is 0 Å². The second kappa shape index (κ2) is 4.85. The van der Waals surface area contributed by atoms with Crippen LogP contribution in [0.3, 0.4) is 0 Å². The van der Waals surface area contributed by atoms with Crippen molar-refractivity contribution in [1.29, 1.82) is 0 Å². The van der Waals surface area contributed by atoms with Crippen molar-refractivity contribution in [3.05, 3.63) is 65.2 Å². The lowest BCUT2D eigenvalue weighted by molar-refractivity contribution is -0.137. The molecule has 104 valence electrons. The van der Waals surface area contributed by atoms with Gasteiger partial charge < -0.3 is 4.90 Å². The van der Waals surface area contributed by atoms with E-state index in [9.17, 15) is 13.2 Å². The molecule has 4 heteroatoms. The molecule has 0 amide bonds. The van der Waals surface area contributed by atoms with E-state index in [0.717, 1.165) is 24.1 Å². The first-order valence-electron chi connectivity index (χ1n) is 6.53. The van der Waals surface area contributed by atoms with E-state index >= 15 is 0 Å². The third-order valence-electron chi connectivity index (χ3n) is 3.62. The van der Waals surface area contributed by atoms with E-state index in [1.165, 1.54) is 12.1 Å². The zero-order valence-electron chi connectivity index (χ0n) is 10.8. The summed E-state index contributed by atoms with van der Waals surface area (Å²) in [6.45, 7) is 1.42. The van der Waals surface area contributed by atoms with Gasteiger partial charge in [0.25, 0.3) is 0 Å². The number of hydrogen-bond acceptors (Lipinski definition) is 1. The Morgan fingerprint density at radius 3 is 2.45 bits per heavy atom. The monoisotopic (exact) mass is 277 g/mol. The Bertz CT molecular complexity index is 605. The maximum absolute atomic E-state index is 12.8. The summed E-state index contributed by atoms with van der Waals surface area (Å²) in [5, 5.41) is 0. The fourth-order valence-corrected chi connectivity index (χ4v) is 2.59. The molecule has 0 saturated heterocycles. The smallest absolute Gasteiger partial charge is 0.367 e. The Hall–Kier alpha value is -1.97. The van der Waals surface area contributed by atoms with E-state index in [1.807, 2.05) is 35.2 Å². The number of hydrogen-bond donors (Lipinski definition) is 0. The normalized spacial score (nSPS) is 14.4. The predicted octanol–water partition coefficient (Wildman–Crippen LogP) is 4.27. The summed E-state index contributed by atoms with van der Waals surface area (Å²) in [6.07, 6.45) is -3.48. The van der Waals surface area contributed by atoms with Crippen molar-refractivity contribution in [2.24, 2.45) is 0 Å². The molecular formula is C16H14F3N. The van der Waals surface area contributed by atoms with E-state index in [-0.39, 0.29) is 0 Å². The van der Waals surface area contributed by atoms with Gasteiger partial charge in [-0.2, -0.15) is 13.2 Å². The lowest BCUT2D eigenvalue weighted by atomic mass is 10.1. The van der Waals surface area contributed by atoms with Gasteiger partial charge in [-0.3, -0.25) is 0 Å². The minimum absolute atomic E-state index is 0.573. The number of alkyl halides is 3. The molecule has 0 radical (unpaired) electrons. The van der Waals surface area contributed by atoms with E-state index in [2.05, 4.69) is 0 Å². The molecule has 0 spiro atoms. The highest BCUT2D eigenvalue weighted by molar-refractivity contribution is 5.60. The molecule has 1 aliphatic rings. The average molecular weight is 277 g/mol. The Balaban J connectivity index is 1.89. The van der Waals surface area contributed by atoms with Crippen molar-refractivity contribution >= 4 is 5.69 Å². The second-order valence-electron chi connectivity index (χ2n) is 5.00. The number of benzene rings is 2. The van der Waals surface area contributed by atoms with Crippen molar-refractivity contribution < 1.29 is 13.2 Å². The highest BCUT2D eigenvalue weighted by atomic mass is 19.4. The largest absolute Gasteiger partial charge is 0.416 e. The Morgan fingerprint density at radius 1 is 1.00 bits per heavy atom. The quantitative estimate of drug-likeness (QED) is 0.792. The van der Waals surface area contributed by atoms with Crippen molar-refractivity contribution in [2.45, 2.75) is 19.1 Å². The van der Waals surface area contributed by atoms with Gasteiger partial charge in [0, 0.05) is 18.8 Å². The molecule has 0 N–H and O–H groups in total. The second-order valence-corrected chi connectivity index (χ2v) is 5.00. The zero-order valence-corrected chi connectivity index (χ0v) is 10.8. The van der Waals surface area contributed by atoms with Gasteiger partial charge in [-0.1, -0.05) is 36.4 Å². The summed E-state index contributed by atoms with van der Waals surface area (Å²) in [5.74, 6) is 0. The lowest BCUT2D eigenvalue weighted by Crippen LogP contribution is -2.20. The number of nitrogens with zero attached hydrogens (tertiary/aromatic N) is 1. The number of fused-ring (bicyclic) bond motifs is 1. The molecule has 0 fully saturated rings. The maximum Gasteiger partial charge on any atom is 0.416 e. The van der Waals surface area contributed by atoms with Crippen LogP contribution in [-0.4, -0.2) is 6.54 Å². The van der Waals surface area contributed by atoms with E-state index in [0.29, 0.717) is 12.2 Å². The fourth-order valence-electron chi connectivity index (χ4n) is 2.59. The standard InChI is InChI=1S/C16H14F3N/c17-16(18,19)14-7-6-13-8-9-20(15(13)10-14)11-12-4-2-1-3-5-12/h1-7,10H,8-9,11H2. The van der Waals surface area contributed by atoms with Crippen LogP contribution in [0.15, 0.2) is 48.5 Å². The summed E-state index contributed by atoms with van der Waals surface area (Å²) in [4.78, 5) is 2.01. The van der Waals surface area contributed by atoms with Gasteiger partial charge in [-0.25, -0.2) is 0 Å². The van der Waals surface area contributed by atoms with Gasteiger partial charge in [0.05, 0.1) is 5.56 Å². The van der Waals surface area contributed by atoms with E-state index < -0.39 is 11.7 Å². The molecule has 1 nitrogen and oxygen atoms in total. The molecule has 0 bridgehead atoms. The molecule has 0 saturated carbocycles. The summed E-state index contributed by atoms with van der Waals surface area (Å²) < 4.78 is 38.4. The van der Waals surface area contributed by atoms with Crippen LogP contribution in [0.2, 0.25) is 0 Å². The third-order valence-corrected chi connectivity index (χ3v) is 3.62. The van der Waals surface area contributed by atoms with E-state index in [4.69, 9.17) is 0 Å². The molecular weight excluding hydrogens is 263 g/mol. The molecule has 3 rings (SSSR count). The van der Waals surface area contributed by atoms with Gasteiger partial charge in [0.1, 0.15) is 0 Å². The first-order valence-corrected chi connectivity index (χ1v) is 6.53. The first kappa shape index (κ1) is 13.0. The van der Waals surface area contributed by atoms with Crippen LogP contribution in [0.4, 0.5) is 18.9 Å². The molecule has 20 heavy (non-hydrogen) atoms. The van der Waals surface area contributed by atoms with Crippen LogP contribution in [0.1, 0.15) is 16.7 Å². The molecule has 2 aromatic carbocycles. The fraction of sp³-hybridized carbons (Fsp3) is 0.250. The maximum atomic E-state index is 12.8. The minimum Gasteiger partial charge on any atom is -0.367 e. The van der Waals surface area contributed by atoms with Crippen molar-refractivity contribution in [1.82, 2.24) is 0 Å². The number of anilines is 1. The Morgan fingerprint density at radius 2 is 1.75 bits per heavy atom. The van der Waals surface area contributed by atoms with Crippen molar-refractivity contribution in [2.75, 3.05) is 11.4 Å². The highest BCUT2D eigenvalue weighted by Gasteiger charge is 2.32. The van der Waals surface area contributed by atoms with E-state index in [1.54, 1.807) is 6.07 Å². The van der Waals surface area contributed by atoms with Gasteiger partial charge in [0.15, 0.2) is 0 Å². The minimum atomic E-state index is -4.28. The summed E-state index contributed by atoms with van der Waals surface area (Å²) in [5.41, 5.74) is 2.24. The first-order chi connectivity index (χ1) is 9.54. The van der Waals surface area contributed by atoms with Crippen LogP contribution >= 0.6 is 0 Å². The van der Waals surface area contributed by atoms with Crippen LogP contribution in [-0.2, 0) is 19.1 Å². The molecule has 1 heterocycles. The van der Waals surface area contributed by atoms with Crippen molar-refractivity contribution in [3.63, 3.8) is 0 Å². The predicted molar refractivity (Wildman–Crippen MR) is 72.6 cm³/mol. The van der Waals surface area contributed by atoms with Crippen molar-refractivity contribution in [3.8, 4) is 0 Å². The highest BCUT2D eigenvalue weighted by Crippen LogP contribution is 2.36. The molecule has 2 aromatic rings. The molecule has 0 unspecified atom stereocenters. The summed E-state index contributed by atoms with van der Waals surface area (Å²) in [7, 11) is 0. The van der Waals surface area contributed by atoms with Gasteiger partial charge in [-0.05, 0) is 29.7 Å². The van der Waals surface area contributed by atoms with Crippen LogP contribution in [0.25, 0.3) is 0 Å². The van der Waals surface area contributed by atoms with Crippen LogP contribution in [0, 0.1) is 0 Å². The third kappa shape index (κ3) is 2.50. The summed E-state index contributed by atoms with van der Waals surface area (Å²) in [6, 6.07) is 13.8. The molecule has 0 aliphatic carbocycles. The molecule has 0 aromatic heterocycles. The zero-order chi connectivity index (χ0) is 14.2. The van der Waals surface area contributed by atoms with Crippen LogP contribution < -0.4 is 4.90 Å². The van der Waals surface area contributed by atoms with Crippen LogP contribution in [0.5, 0.6) is 0 Å². The SMILES string of the molecule is FC(F)(F)c1ccc2c(c1)N(Cc1ccccc1)CC2. The Kier molecular flexibility index (Phi) is 3.16. The summed E-state index contributed by atoms with van der Waals surface area (Å²) >= 11 is 0. The lowest BCUT2D eigenvalue weighted by Gasteiger charge is -2.20. The molecule has 0 atom stereocenters. The van der Waals surface area contributed by atoms with Gasteiger partial charge in [0.2, 0.25) is 0 Å². The van der Waals surface area contributed by atoms with Gasteiger partial charge >= 0.3 is 6.18 Å². The Labute approximate surface area is 115 Å². The molecule has 1 aliphatic heterocycles. The number of halogens is 3. The topological polar surface area (TPSA) is 3.24 Å². The average Bonchev–Trinajstić information content (AvgIpc) is 2.82.